The summed E-state index contributed by atoms with van der Waals surface area (Å²) >= 11 is 0. The molecule has 1 saturated carbocycles. The average Bonchev–Trinajstić information content (AvgIpc) is 2.92. The Morgan fingerprint density at radius 3 is 2.25 bits per heavy atom. The van der Waals surface area contributed by atoms with Gasteiger partial charge in [-0.25, -0.2) is 13.9 Å². The van der Waals surface area contributed by atoms with E-state index in [1.807, 2.05) is 0 Å². The van der Waals surface area contributed by atoms with Crippen LogP contribution in [0.5, 0.6) is 0 Å². The summed E-state index contributed by atoms with van der Waals surface area (Å²) in [6.45, 7) is 3.93. The Hall–Kier alpha value is -1.72. The number of hydrogen-bond acceptors (Lipinski definition) is 7. The molecule has 1 aromatic rings. The molecule has 0 spiro atoms. The first-order valence-electron chi connectivity index (χ1n) is 13.4. The maximum absolute atomic E-state index is 13.8. The Morgan fingerprint density at radius 2 is 1.67 bits per heavy atom. The molecule has 0 atom stereocenters. The first-order valence-corrected chi connectivity index (χ1v) is 14.8. The fourth-order valence-electron chi connectivity index (χ4n) is 6.06. The Labute approximate surface area is 215 Å². The van der Waals surface area contributed by atoms with Gasteiger partial charge >= 0.3 is 0 Å². The minimum absolute atomic E-state index is 0.147. The number of hydrogen-bond donors (Lipinski definition) is 2. The number of anilines is 1. The van der Waals surface area contributed by atoms with Crippen LogP contribution >= 0.6 is 0 Å². The number of carbonyl (C=O) groups excluding carboxylic acids is 1. The van der Waals surface area contributed by atoms with Crippen LogP contribution in [0.1, 0.15) is 50.5 Å². The number of hydroxylamine groups is 1. The Kier molecular flexibility index (Phi) is 9.27. The van der Waals surface area contributed by atoms with E-state index in [0.717, 1.165) is 18.0 Å². The second kappa shape index (κ2) is 12.2. The predicted molar refractivity (Wildman–Crippen MR) is 140 cm³/mol. The lowest BCUT2D eigenvalue weighted by Gasteiger charge is -2.44. The van der Waals surface area contributed by atoms with Gasteiger partial charge in [0.2, 0.25) is 10.0 Å². The van der Waals surface area contributed by atoms with Gasteiger partial charge in [-0.3, -0.25) is 10.0 Å². The largest absolute Gasteiger partial charge is 0.383 e. The molecule has 9 nitrogen and oxygen atoms in total. The van der Waals surface area contributed by atoms with E-state index >= 15 is 0 Å². The highest BCUT2D eigenvalue weighted by atomic mass is 32.2. The van der Waals surface area contributed by atoms with Crippen molar-refractivity contribution < 1.29 is 23.2 Å². The molecule has 2 aliphatic heterocycles. The third-order valence-corrected chi connectivity index (χ3v) is 11.0. The molecule has 1 aliphatic carbocycles. The second-order valence-electron chi connectivity index (χ2n) is 10.5. The lowest BCUT2D eigenvalue weighted by molar-refractivity contribution is -0.133. The van der Waals surface area contributed by atoms with Gasteiger partial charge in [-0.05, 0) is 42.9 Å². The average molecular weight is 523 g/mol. The third kappa shape index (κ3) is 5.88. The minimum Gasteiger partial charge on any atom is -0.383 e. The van der Waals surface area contributed by atoms with Crippen LogP contribution in [0.25, 0.3) is 0 Å². The molecule has 10 heteroatoms. The fourth-order valence-corrected chi connectivity index (χ4v) is 8.18. The molecule has 202 valence electrons. The van der Waals surface area contributed by atoms with Crippen molar-refractivity contribution in [2.24, 2.45) is 5.92 Å². The van der Waals surface area contributed by atoms with E-state index < -0.39 is 20.7 Å². The normalized spacial score (nSPS) is 22.4. The molecule has 4 rings (SSSR count). The van der Waals surface area contributed by atoms with E-state index in [0.29, 0.717) is 52.4 Å². The monoisotopic (exact) mass is 522 g/mol. The van der Waals surface area contributed by atoms with Crippen molar-refractivity contribution in [2.45, 2.75) is 56.1 Å². The quantitative estimate of drug-likeness (QED) is 0.379. The number of amides is 1. The molecular weight excluding hydrogens is 480 g/mol. The van der Waals surface area contributed by atoms with Crippen molar-refractivity contribution in [1.82, 2.24) is 14.7 Å². The number of ether oxygens (including phenoxy) is 1. The molecule has 1 amide bonds. The molecule has 2 heterocycles. The van der Waals surface area contributed by atoms with Crippen molar-refractivity contribution in [1.29, 1.82) is 0 Å². The van der Waals surface area contributed by atoms with Crippen molar-refractivity contribution in [3.63, 3.8) is 0 Å². The van der Waals surface area contributed by atoms with Gasteiger partial charge in [0.25, 0.3) is 5.91 Å². The van der Waals surface area contributed by atoms with Crippen LogP contribution in [-0.4, -0.2) is 93.0 Å². The molecule has 0 bridgehead atoms. The van der Waals surface area contributed by atoms with E-state index in [9.17, 15) is 18.4 Å². The molecule has 1 aromatic carbocycles. The summed E-state index contributed by atoms with van der Waals surface area (Å²) in [7, 11) is -2.33. The van der Waals surface area contributed by atoms with Crippen molar-refractivity contribution in [3.8, 4) is 0 Å². The predicted octanol–water partition coefficient (Wildman–Crippen LogP) is 2.25. The number of nitrogens with one attached hydrogen (secondary N) is 1. The van der Waals surface area contributed by atoms with E-state index in [1.54, 1.807) is 12.6 Å². The lowest BCUT2D eigenvalue weighted by Crippen LogP contribution is -2.63. The van der Waals surface area contributed by atoms with Crippen LogP contribution in [-0.2, 0) is 26.0 Å². The van der Waals surface area contributed by atoms with Gasteiger partial charge in [0.05, 0.1) is 6.61 Å². The second-order valence-corrected chi connectivity index (χ2v) is 12.8. The van der Waals surface area contributed by atoms with E-state index in [2.05, 4.69) is 34.1 Å². The molecule has 3 fully saturated rings. The van der Waals surface area contributed by atoms with Crippen LogP contribution in [0.15, 0.2) is 24.3 Å². The van der Waals surface area contributed by atoms with Gasteiger partial charge in [0.1, 0.15) is 0 Å². The van der Waals surface area contributed by atoms with E-state index in [-0.39, 0.29) is 12.8 Å². The van der Waals surface area contributed by atoms with Crippen molar-refractivity contribution in [3.05, 3.63) is 29.8 Å². The van der Waals surface area contributed by atoms with Crippen molar-refractivity contribution >= 4 is 21.6 Å². The molecule has 0 unspecified atom stereocenters. The first kappa shape index (κ1) is 27.3. The summed E-state index contributed by atoms with van der Waals surface area (Å²) in [5, 5.41) is 9.41. The summed E-state index contributed by atoms with van der Waals surface area (Å²) in [4.78, 5) is 17.0. The molecular formula is C26H42N4O5S. The van der Waals surface area contributed by atoms with Gasteiger partial charge in [-0.1, -0.05) is 44.2 Å². The SMILES string of the molecule is COCCN1CCC(C(=O)NO)(S(=O)(=O)N2CCN(c3ccc(CC4CCCCC4)cc3)CC2)CC1. The van der Waals surface area contributed by atoms with Gasteiger partial charge in [-0.15, -0.1) is 0 Å². The van der Waals surface area contributed by atoms with Crippen LogP contribution in [0.3, 0.4) is 0 Å². The zero-order valence-corrected chi connectivity index (χ0v) is 22.3. The minimum atomic E-state index is -3.95. The lowest BCUT2D eigenvalue weighted by atomic mass is 9.85. The number of benzene rings is 1. The summed E-state index contributed by atoms with van der Waals surface area (Å²) in [5.41, 5.74) is 4.13. The number of likely N-dealkylation sites (tertiary alicyclic amines) is 1. The highest BCUT2D eigenvalue weighted by Gasteiger charge is 2.55. The topological polar surface area (TPSA) is 102 Å². The third-order valence-electron chi connectivity index (χ3n) is 8.41. The maximum Gasteiger partial charge on any atom is 0.266 e. The molecule has 2 saturated heterocycles. The van der Waals surface area contributed by atoms with Gasteiger partial charge in [-0.2, -0.15) is 4.31 Å². The Morgan fingerprint density at radius 1 is 1.03 bits per heavy atom. The summed E-state index contributed by atoms with van der Waals surface area (Å²) in [6, 6.07) is 8.73. The number of nitrogens with zero attached hydrogens (tertiary/aromatic N) is 3. The fraction of sp³-hybridized carbons (Fsp3) is 0.731. The Balaban J connectivity index is 1.37. The van der Waals surface area contributed by atoms with Crippen LogP contribution in [0.4, 0.5) is 5.69 Å². The smallest absolute Gasteiger partial charge is 0.266 e. The van der Waals surface area contributed by atoms with Crippen molar-refractivity contribution in [2.75, 3.05) is 64.4 Å². The van der Waals surface area contributed by atoms with Gasteiger partial charge < -0.3 is 14.5 Å². The van der Waals surface area contributed by atoms with Crippen LogP contribution < -0.4 is 10.4 Å². The van der Waals surface area contributed by atoms with Crippen LogP contribution in [0, 0.1) is 5.92 Å². The number of piperidine rings is 1. The summed E-state index contributed by atoms with van der Waals surface area (Å²) in [5.74, 6) is -0.0292. The van der Waals surface area contributed by atoms with E-state index in [1.165, 1.54) is 42.0 Å². The molecule has 0 radical (unpaired) electrons. The van der Waals surface area contributed by atoms with Gasteiger partial charge in [0, 0.05) is 58.6 Å². The first-order chi connectivity index (χ1) is 17.4. The zero-order valence-electron chi connectivity index (χ0n) is 21.5. The highest BCUT2D eigenvalue weighted by Crippen LogP contribution is 2.35. The number of carbonyl (C=O) groups is 1. The Bertz CT molecular complexity index is 949. The maximum atomic E-state index is 13.8. The zero-order chi connectivity index (χ0) is 25.6. The summed E-state index contributed by atoms with van der Waals surface area (Å²) < 4.78 is 32.4. The number of sulfonamides is 1. The number of piperazine rings is 1. The molecule has 3 aliphatic rings. The van der Waals surface area contributed by atoms with Crippen LogP contribution in [0.2, 0.25) is 0 Å². The summed E-state index contributed by atoms with van der Waals surface area (Å²) in [6.07, 6.45) is 8.17. The molecule has 0 aromatic heterocycles. The molecule has 36 heavy (non-hydrogen) atoms. The van der Waals surface area contributed by atoms with Gasteiger partial charge in [0.15, 0.2) is 4.75 Å². The van der Waals surface area contributed by atoms with E-state index in [4.69, 9.17) is 4.74 Å². The standard InChI is InChI=1S/C26H42N4O5S/c1-35-20-19-28-13-11-26(12-14-28,25(31)27-32)36(33,34)30-17-15-29(16-18-30)24-9-7-23(8-10-24)21-22-5-3-2-4-6-22/h7-10,22,32H,2-6,11-21H2,1H3,(H,27,31). The number of rotatable bonds is 9. The molecule has 2 N–H and O–H groups in total. The number of methoxy groups -OCH3 is 1. The highest BCUT2D eigenvalue weighted by molar-refractivity contribution is 7.91.